The normalized spacial score (nSPS) is 19.5. The van der Waals surface area contributed by atoms with Crippen LogP contribution in [0.1, 0.15) is 61.3 Å². The Kier molecular flexibility index (Phi) is 9.61. The number of amides is 3. The summed E-state index contributed by atoms with van der Waals surface area (Å²) in [7, 11) is 0. The van der Waals surface area contributed by atoms with Crippen molar-refractivity contribution in [2.24, 2.45) is 0 Å². The average molecular weight is 696 g/mol. The number of aromatic nitrogens is 2. The number of halogens is 6. The van der Waals surface area contributed by atoms with Crippen molar-refractivity contribution < 1.29 is 35.9 Å². The van der Waals surface area contributed by atoms with E-state index < -0.39 is 59.1 Å². The highest BCUT2D eigenvalue weighted by Crippen LogP contribution is 2.42. The number of aromatic amines is 1. The first-order valence-electron chi connectivity index (χ1n) is 16.5. The van der Waals surface area contributed by atoms with Gasteiger partial charge < -0.3 is 30.7 Å². The number of piperidine rings is 2. The Morgan fingerprint density at radius 2 is 1.39 bits per heavy atom. The molecule has 3 aliphatic rings. The maximum absolute atomic E-state index is 13.9. The van der Waals surface area contributed by atoms with Gasteiger partial charge in [-0.3, -0.25) is 9.36 Å². The molecule has 0 saturated carbocycles. The molecule has 1 aromatic heterocycles. The number of anilines is 1. The van der Waals surface area contributed by atoms with Crippen LogP contribution in [-0.2, 0) is 23.6 Å². The number of fused-ring (bicyclic) bond motifs is 1. The summed E-state index contributed by atoms with van der Waals surface area (Å²) in [5, 5.41) is 2.64. The molecule has 0 unspecified atom stereocenters. The average Bonchev–Trinajstić information content (AvgIpc) is 3.72. The van der Waals surface area contributed by atoms with E-state index in [0.29, 0.717) is 56.4 Å². The van der Waals surface area contributed by atoms with Crippen molar-refractivity contribution in [3.63, 3.8) is 0 Å². The molecule has 3 amide bonds. The summed E-state index contributed by atoms with van der Waals surface area (Å²) in [4.78, 5) is 48.4. The summed E-state index contributed by atoms with van der Waals surface area (Å²) < 4.78 is 84.6. The standard InChI is InChI=1S/C33H39F6N7O3/c34-32(35,36)23-17-20(18-24(28(23)40)33(37,38)39)19-26(29(47)44-13-7-21(8-14-44)43-11-3-4-12-43)42-30(48)45-15-9-22(10-16-45)46-27-6-2-1-5-25(27)41-31(46)49/h1-2,5-6,17-18,21-22,26H,3-4,7-16,19,40H2,(H,41,49)(H,42,48)/t26-/m1/s1. The lowest BCUT2D eigenvalue weighted by atomic mass is 9.96. The topological polar surface area (TPSA) is 120 Å². The number of imidazole rings is 1. The third-order valence-electron chi connectivity index (χ3n) is 10.1. The minimum absolute atomic E-state index is 0.210. The number of nitrogen functional groups attached to an aromatic ring is 1. The van der Waals surface area contributed by atoms with Crippen molar-refractivity contribution in [1.29, 1.82) is 0 Å². The summed E-state index contributed by atoms with van der Waals surface area (Å²) in [5.41, 5.74) is 1.29. The second kappa shape index (κ2) is 13.6. The van der Waals surface area contributed by atoms with E-state index in [1.54, 1.807) is 16.7 Å². The Morgan fingerprint density at radius 3 is 1.98 bits per heavy atom. The lowest BCUT2D eigenvalue weighted by Gasteiger charge is -2.38. The quantitative estimate of drug-likeness (QED) is 0.248. The van der Waals surface area contributed by atoms with Crippen LogP contribution in [0.25, 0.3) is 11.0 Å². The molecule has 0 radical (unpaired) electrons. The fraction of sp³-hybridized carbons (Fsp3) is 0.545. The third kappa shape index (κ3) is 7.38. The van der Waals surface area contributed by atoms with Crippen LogP contribution in [0.3, 0.4) is 0 Å². The highest BCUT2D eigenvalue weighted by atomic mass is 19.4. The molecule has 0 spiro atoms. The van der Waals surface area contributed by atoms with Crippen LogP contribution in [0.15, 0.2) is 41.2 Å². The zero-order chi connectivity index (χ0) is 35.1. The predicted molar refractivity (Wildman–Crippen MR) is 170 cm³/mol. The molecule has 0 bridgehead atoms. The van der Waals surface area contributed by atoms with E-state index >= 15 is 0 Å². The fourth-order valence-electron chi connectivity index (χ4n) is 7.52. The van der Waals surface area contributed by atoms with E-state index in [1.165, 1.54) is 9.80 Å². The highest BCUT2D eigenvalue weighted by molar-refractivity contribution is 5.87. The summed E-state index contributed by atoms with van der Waals surface area (Å²) in [6, 6.07) is 6.23. The second-order valence-corrected chi connectivity index (χ2v) is 13.1. The molecule has 2 aromatic carbocycles. The maximum atomic E-state index is 13.9. The van der Waals surface area contributed by atoms with Gasteiger partial charge in [0, 0.05) is 44.7 Å². The van der Waals surface area contributed by atoms with E-state index in [0.717, 1.165) is 31.4 Å². The van der Waals surface area contributed by atoms with Crippen molar-refractivity contribution in [3.8, 4) is 0 Å². The molecule has 6 rings (SSSR count). The van der Waals surface area contributed by atoms with Gasteiger partial charge in [-0.2, -0.15) is 26.3 Å². The van der Waals surface area contributed by atoms with Crippen molar-refractivity contribution >= 4 is 28.7 Å². The molecule has 3 fully saturated rings. The van der Waals surface area contributed by atoms with Crippen LogP contribution in [0.2, 0.25) is 0 Å². The number of urea groups is 1. The molecule has 4 heterocycles. The Hall–Kier alpha value is -4.21. The molecule has 3 saturated heterocycles. The van der Waals surface area contributed by atoms with Crippen molar-refractivity contribution in [1.82, 2.24) is 29.6 Å². The largest absolute Gasteiger partial charge is 0.418 e. The van der Waals surface area contributed by atoms with Gasteiger partial charge in [0.15, 0.2) is 0 Å². The molecular formula is C33H39F6N7O3. The first-order valence-corrected chi connectivity index (χ1v) is 16.5. The number of nitrogens with zero attached hydrogens (tertiary/aromatic N) is 4. The molecule has 3 aromatic rings. The Labute approximate surface area is 278 Å². The molecule has 49 heavy (non-hydrogen) atoms. The molecule has 266 valence electrons. The molecule has 10 nitrogen and oxygen atoms in total. The Balaban J connectivity index is 1.21. The van der Waals surface area contributed by atoms with Gasteiger partial charge in [0.2, 0.25) is 5.91 Å². The monoisotopic (exact) mass is 695 g/mol. The van der Waals surface area contributed by atoms with Gasteiger partial charge in [-0.15, -0.1) is 0 Å². The minimum atomic E-state index is -5.18. The Morgan fingerprint density at radius 1 is 0.837 bits per heavy atom. The van der Waals surface area contributed by atoms with Gasteiger partial charge in [0.25, 0.3) is 0 Å². The first-order chi connectivity index (χ1) is 23.2. The van der Waals surface area contributed by atoms with E-state index in [-0.39, 0.29) is 30.9 Å². The van der Waals surface area contributed by atoms with Crippen LogP contribution >= 0.6 is 0 Å². The number of benzene rings is 2. The number of para-hydroxylation sites is 2. The summed E-state index contributed by atoms with van der Waals surface area (Å²) >= 11 is 0. The molecule has 1 atom stereocenters. The van der Waals surface area contributed by atoms with E-state index in [9.17, 15) is 40.7 Å². The zero-order valence-electron chi connectivity index (χ0n) is 26.7. The number of likely N-dealkylation sites (tertiary alicyclic amines) is 3. The van der Waals surface area contributed by atoms with Crippen molar-refractivity contribution in [3.05, 3.63) is 63.6 Å². The third-order valence-corrected chi connectivity index (χ3v) is 10.1. The van der Waals surface area contributed by atoms with Crippen LogP contribution in [0, 0.1) is 0 Å². The lowest BCUT2D eigenvalue weighted by molar-refractivity contribution is -0.141. The van der Waals surface area contributed by atoms with E-state index in [2.05, 4.69) is 15.2 Å². The first kappa shape index (κ1) is 34.6. The van der Waals surface area contributed by atoms with Gasteiger partial charge in [-0.05, 0) is 81.4 Å². The van der Waals surface area contributed by atoms with Crippen LogP contribution in [0.4, 0.5) is 36.8 Å². The van der Waals surface area contributed by atoms with Gasteiger partial charge in [0.1, 0.15) is 6.04 Å². The molecule has 0 aliphatic carbocycles. The van der Waals surface area contributed by atoms with Crippen LogP contribution < -0.4 is 16.7 Å². The SMILES string of the molecule is Nc1c(C(F)(F)F)cc(C[C@@H](NC(=O)N2CCC(n3c(=O)[nH]c4ccccc43)CC2)C(=O)N2CCC(N3CCCC3)CC2)cc1C(F)(F)F. The predicted octanol–water partition coefficient (Wildman–Crippen LogP) is 4.99. The minimum Gasteiger partial charge on any atom is -0.398 e. The number of hydrogen-bond acceptors (Lipinski definition) is 5. The molecular weight excluding hydrogens is 656 g/mol. The van der Waals surface area contributed by atoms with Gasteiger partial charge in [0.05, 0.1) is 27.8 Å². The lowest BCUT2D eigenvalue weighted by Crippen LogP contribution is -2.56. The maximum Gasteiger partial charge on any atom is 0.418 e. The number of rotatable bonds is 6. The van der Waals surface area contributed by atoms with Gasteiger partial charge in [-0.1, -0.05) is 12.1 Å². The fourth-order valence-corrected chi connectivity index (χ4v) is 7.52. The molecule has 4 N–H and O–H groups in total. The Bertz CT molecular complexity index is 1700. The zero-order valence-corrected chi connectivity index (χ0v) is 26.7. The smallest absolute Gasteiger partial charge is 0.398 e. The second-order valence-electron chi connectivity index (χ2n) is 13.1. The number of nitrogens with one attached hydrogen (secondary N) is 2. The van der Waals surface area contributed by atoms with Gasteiger partial charge in [-0.25, -0.2) is 9.59 Å². The summed E-state index contributed by atoms with van der Waals surface area (Å²) in [6.07, 6.45) is -6.59. The van der Waals surface area contributed by atoms with Crippen molar-refractivity contribution in [2.45, 2.75) is 75.4 Å². The van der Waals surface area contributed by atoms with Gasteiger partial charge >= 0.3 is 24.1 Å². The number of hydrogen-bond donors (Lipinski definition) is 3. The molecule has 16 heteroatoms. The highest BCUT2D eigenvalue weighted by Gasteiger charge is 2.42. The number of carbonyl (C=O) groups excluding carboxylic acids is 2. The van der Waals surface area contributed by atoms with E-state index in [4.69, 9.17) is 5.73 Å². The molecule has 3 aliphatic heterocycles. The van der Waals surface area contributed by atoms with Crippen LogP contribution in [-0.4, -0.2) is 87.5 Å². The number of nitrogens with two attached hydrogens (primary N) is 1. The van der Waals surface area contributed by atoms with Crippen LogP contribution in [0.5, 0.6) is 0 Å². The number of H-pyrrole nitrogens is 1. The summed E-state index contributed by atoms with van der Waals surface area (Å²) in [5.74, 6) is -0.576. The number of alkyl halides is 6. The number of carbonyl (C=O) groups is 2. The van der Waals surface area contributed by atoms with Crippen molar-refractivity contribution in [2.75, 3.05) is 45.0 Å². The van der Waals surface area contributed by atoms with E-state index in [1.807, 2.05) is 12.1 Å². The summed E-state index contributed by atoms with van der Waals surface area (Å²) in [6.45, 7) is 3.07.